The number of allylic oxidation sites excluding steroid dienone is 5. The Labute approximate surface area is 314 Å². The molecule has 0 rings (SSSR count). The smallest absolute Gasteiger partial charge is 0.326 e. The molecule has 0 aromatic rings. The molecule has 0 saturated heterocycles. The average molecular weight is 717 g/mol. The number of hydrogen-bond donors (Lipinski definition) is 3. The number of carboxylic acids is 1. The minimum absolute atomic E-state index is 0.101. The first-order valence-corrected chi connectivity index (χ1v) is 21.3. The van der Waals surface area contributed by atoms with Gasteiger partial charge in [0.1, 0.15) is 12.1 Å². The SMILES string of the molecule is CCC/C=C\C(CCCCCCC(=O)NC(CCCN)C(=O)O)OC(=O)CCCCCCCCCCCCC/C=C\C/C=C\CCCCCCC. The minimum atomic E-state index is -1.02. The van der Waals surface area contributed by atoms with Gasteiger partial charge in [-0.15, -0.1) is 0 Å². The number of carbonyl (C=O) groups excluding carboxylic acids is 2. The van der Waals surface area contributed by atoms with E-state index in [2.05, 4.69) is 49.5 Å². The first-order valence-electron chi connectivity index (χ1n) is 21.3. The third kappa shape index (κ3) is 35.8. The van der Waals surface area contributed by atoms with Gasteiger partial charge in [0.2, 0.25) is 5.91 Å². The Morgan fingerprint density at radius 1 is 0.588 bits per heavy atom. The Hall–Kier alpha value is -2.41. The number of amides is 1. The normalized spacial score (nSPS) is 13.0. The summed E-state index contributed by atoms with van der Waals surface area (Å²) in [4.78, 5) is 36.0. The van der Waals surface area contributed by atoms with Crippen LogP contribution >= 0.6 is 0 Å². The van der Waals surface area contributed by atoms with E-state index in [4.69, 9.17) is 10.5 Å². The highest BCUT2D eigenvalue weighted by Gasteiger charge is 2.19. The molecule has 296 valence electrons. The second-order valence-corrected chi connectivity index (χ2v) is 14.4. The predicted molar refractivity (Wildman–Crippen MR) is 216 cm³/mol. The Morgan fingerprint density at radius 2 is 1.12 bits per heavy atom. The lowest BCUT2D eigenvalue weighted by Gasteiger charge is -2.15. The number of ether oxygens (including phenoxy) is 1. The quantitative estimate of drug-likeness (QED) is 0.0332. The van der Waals surface area contributed by atoms with Crippen molar-refractivity contribution in [3.8, 4) is 0 Å². The Bertz CT molecular complexity index is 900. The van der Waals surface area contributed by atoms with Crippen LogP contribution in [0.3, 0.4) is 0 Å². The summed E-state index contributed by atoms with van der Waals surface area (Å²) in [5.74, 6) is -1.34. The van der Waals surface area contributed by atoms with Gasteiger partial charge in [-0.3, -0.25) is 9.59 Å². The maximum Gasteiger partial charge on any atom is 0.326 e. The Balaban J connectivity index is 3.83. The zero-order valence-electron chi connectivity index (χ0n) is 33.2. The first kappa shape index (κ1) is 48.6. The van der Waals surface area contributed by atoms with Gasteiger partial charge in [-0.25, -0.2) is 4.79 Å². The van der Waals surface area contributed by atoms with Crippen molar-refractivity contribution in [2.24, 2.45) is 5.73 Å². The van der Waals surface area contributed by atoms with Crippen LogP contribution in [0.2, 0.25) is 0 Å². The van der Waals surface area contributed by atoms with Crippen molar-refractivity contribution in [3.05, 3.63) is 36.5 Å². The summed E-state index contributed by atoms with van der Waals surface area (Å²) < 4.78 is 5.83. The molecule has 0 spiro atoms. The number of carboxylic acid groups (broad SMARTS) is 1. The largest absolute Gasteiger partial charge is 0.480 e. The van der Waals surface area contributed by atoms with E-state index in [0.29, 0.717) is 38.6 Å². The summed E-state index contributed by atoms with van der Waals surface area (Å²) in [7, 11) is 0. The van der Waals surface area contributed by atoms with E-state index in [9.17, 15) is 19.5 Å². The van der Waals surface area contributed by atoms with E-state index < -0.39 is 12.0 Å². The second kappa shape index (κ2) is 38.8. The van der Waals surface area contributed by atoms with Crippen LogP contribution in [-0.4, -0.2) is 41.6 Å². The molecule has 0 radical (unpaired) electrons. The number of aliphatic carboxylic acids is 1. The summed E-state index contributed by atoms with van der Waals surface area (Å²) in [5.41, 5.74) is 5.46. The highest BCUT2D eigenvalue weighted by molar-refractivity contribution is 5.83. The molecule has 0 aliphatic carbocycles. The van der Waals surface area contributed by atoms with Gasteiger partial charge in [0, 0.05) is 12.8 Å². The lowest BCUT2D eigenvalue weighted by atomic mass is 10.0. The molecule has 0 saturated carbocycles. The van der Waals surface area contributed by atoms with Gasteiger partial charge >= 0.3 is 11.9 Å². The van der Waals surface area contributed by atoms with E-state index in [-0.39, 0.29) is 18.0 Å². The van der Waals surface area contributed by atoms with E-state index in [1.165, 1.54) is 103 Å². The number of nitrogens with two attached hydrogens (primary N) is 1. The molecule has 2 atom stereocenters. The molecular formula is C44H80N2O5. The maximum absolute atomic E-state index is 12.6. The highest BCUT2D eigenvalue weighted by Crippen LogP contribution is 2.16. The van der Waals surface area contributed by atoms with Crippen LogP contribution in [0.1, 0.15) is 206 Å². The van der Waals surface area contributed by atoms with Crippen LogP contribution in [-0.2, 0) is 19.1 Å². The zero-order chi connectivity index (χ0) is 37.5. The van der Waals surface area contributed by atoms with E-state index in [0.717, 1.165) is 57.8 Å². The van der Waals surface area contributed by atoms with Crippen molar-refractivity contribution >= 4 is 17.8 Å². The van der Waals surface area contributed by atoms with E-state index >= 15 is 0 Å². The van der Waals surface area contributed by atoms with Crippen molar-refractivity contribution in [3.63, 3.8) is 0 Å². The fourth-order valence-electron chi connectivity index (χ4n) is 6.16. The summed E-state index contributed by atoms with van der Waals surface area (Å²) in [6.07, 6.45) is 45.4. The van der Waals surface area contributed by atoms with Gasteiger partial charge in [-0.05, 0) is 89.7 Å². The van der Waals surface area contributed by atoms with Crippen LogP contribution in [0, 0.1) is 0 Å². The summed E-state index contributed by atoms with van der Waals surface area (Å²) >= 11 is 0. The molecule has 1 amide bonds. The number of hydrogen-bond acceptors (Lipinski definition) is 5. The molecule has 4 N–H and O–H groups in total. The fraction of sp³-hybridized carbons (Fsp3) is 0.795. The van der Waals surface area contributed by atoms with Gasteiger partial charge in [0.15, 0.2) is 0 Å². The lowest BCUT2D eigenvalue weighted by molar-refractivity contribution is -0.147. The van der Waals surface area contributed by atoms with Gasteiger partial charge in [0.05, 0.1) is 0 Å². The lowest BCUT2D eigenvalue weighted by Crippen LogP contribution is -2.40. The number of esters is 1. The third-order valence-electron chi connectivity index (χ3n) is 9.39. The molecule has 2 unspecified atom stereocenters. The van der Waals surface area contributed by atoms with Crippen molar-refractivity contribution in [1.82, 2.24) is 5.32 Å². The second-order valence-electron chi connectivity index (χ2n) is 14.4. The summed E-state index contributed by atoms with van der Waals surface area (Å²) in [5, 5.41) is 11.9. The Morgan fingerprint density at radius 3 is 1.67 bits per heavy atom. The van der Waals surface area contributed by atoms with Gasteiger partial charge < -0.3 is 20.9 Å². The number of nitrogens with one attached hydrogen (secondary N) is 1. The predicted octanol–water partition coefficient (Wildman–Crippen LogP) is 11.8. The Kier molecular flexibility index (Phi) is 37.0. The molecule has 0 aromatic carbocycles. The number of rotatable bonds is 38. The number of carbonyl (C=O) groups is 3. The molecule has 0 aliphatic rings. The monoisotopic (exact) mass is 717 g/mol. The van der Waals surface area contributed by atoms with E-state index in [1.807, 2.05) is 6.08 Å². The molecule has 0 fully saturated rings. The van der Waals surface area contributed by atoms with Gasteiger partial charge in [-0.2, -0.15) is 0 Å². The molecule has 7 heteroatoms. The zero-order valence-corrected chi connectivity index (χ0v) is 33.2. The molecule has 0 heterocycles. The van der Waals surface area contributed by atoms with Crippen LogP contribution in [0.5, 0.6) is 0 Å². The molecule has 0 bridgehead atoms. The molecule has 0 aliphatic heterocycles. The fourth-order valence-corrected chi connectivity index (χ4v) is 6.16. The van der Waals surface area contributed by atoms with Crippen LogP contribution in [0.25, 0.3) is 0 Å². The van der Waals surface area contributed by atoms with Gasteiger partial charge in [0.25, 0.3) is 0 Å². The van der Waals surface area contributed by atoms with Crippen LogP contribution < -0.4 is 11.1 Å². The minimum Gasteiger partial charge on any atom is -0.480 e. The van der Waals surface area contributed by atoms with Crippen molar-refractivity contribution in [2.45, 2.75) is 219 Å². The summed E-state index contributed by atoms with van der Waals surface area (Å²) in [6.45, 7) is 4.81. The average Bonchev–Trinajstić information content (AvgIpc) is 3.11. The molecule has 7 nitrogen and oxygen atoms in total. The topological polar surface area (TPSA) is 119 Å². The van der Waals surface area contributed by atoms with Gasteiger partial charge in [-0.1, -0.05) is 147 Å². The molecular weight excluding hydrogens is 636 g/mol. The van der Waals surface area contributed by atoms with Crippen molar-refractivity contribution in [2.75, 3.05) is 6.54 Å². The highest BCUT2D eigenvalue weighted by atomic mass is 16.5. The third-order valence-corrected chi connectivity index (χ3v) is 9.39. The number of unbranched alkanes of at least 4 members (excludes halogenated alkanes) is 20. The van der Waals surface area contributed by atoms with Crippen LogP contribution in [0.4, 0.5) is 0 Å². The first-order chi connectivity index (χ1) is 24.9. The molecule has 0 aromatic heterocycles. The standard InChI is InChI=1S/C44H80N2O5/c1-3-5-7-8-9-10-11-12-13-14-15-16-17-18-19-20-21-22-23-24-25-26-32-38-43(48)51-40(34-29-6-4-2)35-30-27-28-31-37-42(47)46-41(44(49)50)36-33-39-45/h11-12,14-15,29,34,40-41H,3-10,13,16-28,30-33,35-39,45H2,1-2H3,(H,46,47)(H,49,50)/b12-11-,15-14-,34-29-. The van der Waals surface area contributed by atoms with Crippen LogP contribution in [0.15, 0.2) is 36.5 Å². The van der Waals surface area contributed by atoms with Crippen molar-refractivity contribution in [1.29, 1.82) is 0 Å². The maximum atomic E-state index is 12.6. The van der Waals surface area contributed by atoms with E-state index in [1.54, 1.807) is 0 Å². The summed E-state index contributed by atoms with van der Waals surface area (Å²) in [6, 6.07) is -0.869. The van der Waals surface area contributed by atoms with Crippen molar-refractivity contribution < 1.29 is 24.2 Å². The molecule has 51 heavy (non-hydrogen) atoms.